The van der Waals surface area contributed by atoms with Crippen LogP contribution in [-0.2, 0) is 0 Å². The van der Waals surface area contributed by atoms with Crippen LogP contribution in [0.15, 0.2) is 42.0 Å². The van der Waals surface area contributed by atoms with Gasteiger partial charge in [-0.25, -0.2) is 4.98 Å². The van der Waals surface area contributed by atoms with Crippen LogP contribution in [-0.4, -0.2) is 23.1 Å². The molecule has 110 valence electrons. The number of thiophene rings is 1. The first-order valence-electron chi connectivity index (χ1n) is 6.97. The molecule has 6 heteroatoms. The summed E-state index contributed by atoms with van der Waals surface area (Å²) in [4.78, 5) is 10.0. The van der Waals surface area contributed by atoms with E-state index in [0.29, 0.717) is 6.61 Å². The molecule has 0 unspecified atom stereocenters. The molecular weight excluding hydrogens is 296 g/mol. The molecule has 5 nitrogen and oxygen atoms in total. The SMILES string of the molecule is Nc1csc(-c2cncc(-c3ccc4c(c3)OCCN4)n2)c1. The predicted molar refractivity (Wildman–Crippen MR) is 89.2 cm³/mol. The predicted octanol–water partition coefficient (Wildman–Crippen LogP) is 3.26. The average Bonchev–Trinajstić information content (AvgIpc) is 3.01. The maximum atomic E-state index is 5.78. The summed E-state index contributed by atoms with van der Waals surface area (Å²) >= 11 is 1.57. The zero-order valence-corrected chi connectivity index (χ0v) is 12.6. The van der Waals surface area contributed by atoms with Crippen LogP contribution in [0.2, 0.25) is 0 Å². The Hall–Kier alpha value is -2.60. The third-order valence-corrected chi connectivity index (χ3v) is 4.43. The number of benzene rings is 1. The summed E-state index contributed by atoms with van der Waals surface area (Å²) in [5.41, 5.74) is 10.2. The van der Waals surface area contributed by atoms with Crippen molar-refractivity contribution in [1.29, 1.82) is 0 Å². The van der Waals surface area contributed by atoms with Crippen molar-refractivity contribution in [2.75, 3.05) is 24.2 Å². The van der Waals surface area contributed by atoms with Crippen molar-refractivity contribution >= 4 is 22.7 Å². The maximum absolute atomic E-state index is 5.78. The quantitative estimate of drug-likeness (QED) is 0.760. The number of fused-ring (bicyclic) bond motifs is 1. The third kappa shape index (κ3) is 2.37. The number of nitrogen functional groups attached to an aromatic ring is 1. The van der Waals surface area contributed by atoms with Crippen LogP contribution in [0.4, 0.5) is 11.4 Å². The first-order chi connectivity index (χ1) is 10.8. The molecule has 2 aromatic heterocycles. The van der Waals surface area contributed by atoms with Gasteiger partial charge in [0.15, 0.2) is 0 Å². The monoisotopic (exact) mass is 310 g/mol. The normalized spacial score (nSPS) is 13.1. The van der Waals surface area contributed by atoms with E-state index in [4.69, 9.17) is 15.5 Å². The molecule has 4 rings (SSSR count). The van der Waals surface area contributed by atoms with Crippen molar-refractivity contribution in [2.24, 2.45) is 0 Å². The molecule has 1 aromatic carbocycles. The fourth-order valence-electron chi connectivity index (χ4n) is 2.40. The zero-order chi connectivity index (χ0) is 14.9. The van der Waals surface area contributed by atoms with E-state index in [1.54, 1.807) is 23.7 Å². The highest BCUT2D eigenvalue weighted by molar-refractivity contribution is 7.14. The molecule has 3 N–H and O–H groups in total. The first kappa shape index (κ1) is 13.1. The van der Waals surface area contributed by atoms with Crippen molar-refractivity contribution in [3.05, 3.63) is 42.0 Å². The highest BCUT2D eigenvalue weighted by Crippen LogP contribution is 2.33. The van der Waals surface area contributed by atoms with Gasteiger partial charge in [0.2, 0.25) is 0 Å². The Balaban J connectivity index is 1.73. The standard InChI is InChI=1S/C16H14N4OS/c17-11-6-16(22-9-11)14-8-18-7-13(20-14)10-1-2-12-15(5-10)21-4-3-19-12/h1-2,5-9,19H,3-4,17H2. The van der Waals surface area contributed by atoms with Gasteiger partial charge in [-0.1, -0.05) is 6.07 Å². The number of nitrogens with two attached hydrogens (primary N) is 1. The van der Waals surface area contributed by atoms with Crippen LogP contribution >= 0.6 is 11.3 Å². The van der Waals surface area contributed by atoms with E-state index in [1.807, 2.05) is 29.6 Å². The molecule has 22 heavy (non-hydrogen) atoms. The van der Waals surface area contributed by atoms with Gasteiger partial charge in [0, 0.05) is 23.2 Å². The lowest BCUT2D eigenvalue weighted by Crippen LogP contribution is -2.17. The van der Waals surface area contributed by atoms with E-state index < -0.39 is 0 Å². The first-order valence-corrected chi connectivity index (χ1v) is 7.85. The summed E-state index contributed by atoms with van der Waals surface area (Å²) in [6, 6.07) is 7.95. The van der Waals surface area contributed by atoms with E-state index in [0.717, 1.165) is 45.5 Å². The van der Waals surface area contributed by atoms with Crippen molar-refractivity contribution in [3.8, 4) is 27.6 Å². The van der Waals surface area contributed by atoms with Crippen molar-refractivity contribution in [1.82, 2.24) is 9.97 Å². The molecule has 1 aliphatic heterocycles. The second-order valence-corrected chi connectivity index (χ2v) is 5.93. The largest absolute Gasteiger partial charge is 0.490 e. The number of nitrogens with one attached hydrogen (secondary N) is 1. The van der Waals surface area contributed by atoms with E-state index >= 15 is 0 Å². The zero-order valence-electron chi connectivity index (χ0n) is 11.7. The van der Waals surface area contributed by atoms with E-state index in [9.17, 15) is 0 Å². The fraction of sp³-hybridized carbons (Fsp3) is 0.125. The van der Waals surface area contributed by atoms with Gasteiger partial charge in [0.05, 0.1) is 34.3 Å². The topological polar surface area (TPSA) is 73.1 Å². The number of rotatable bonds is 2. The van der Waals surface area contributed by atoms with Gasteiger partial charge in [-0.2, -0.15) is 0 Å². The summed E-state index contributed by atoms with van der Waals surface area (Å²) in [6.07, 6.45) is 3.52. The lowest BCUT2D eigenvalue weighted by Gasteiger charge is -2.19. The Kier molecular flexibility index (Phi) is 3.16. The number of aromatic nitrogens is 2. The van der Waals surface area contributed by atoms with Gasteiger partial charge in [0.1, 0.15) is 12.4 Å². The molecule has 1 aliphatic rings. The van der Waals surface area contributed by atoms with Gasteiger partial charge >= 0.3 is 0 Å². The lowest BCUT2D eigenvalue weighted by atomic mass is 10.1. The van der Waals surface area contributed by atoms with Gasteiger partial charge in [-0.3, -0.25) is 4.98 Å². The Bertz CT molecular complexity index is 831. The fourth-order valence-corrected chi connectivity index (χ4v) is 3.16. The molecule has 0 aliphatic carbocycles. The molecule has 0 bridgehead atoms. The van der Waals surface area contributed by atoms with Crippen LogP contribution in [0.25, 0.3) is 21.8 Å². The summed E-state index contributed by atoms with van der Waals surface area (Å²) in [5.74, 6) is 0.858. The van der Waals surface area contributed by atoms with Crippen molar-refractivity contribution < 1.29 is 4.74 Å². The molecule has 3 aromatic rings. The Morgan fingerprint density at radius 2 is 2.09 bits per heavy atom. The molecule has 0 amide bonds. The molecule has 0 saturated heterocycles. The van der Waals surface area contributed by atoms with Gasteiger partial charge in [-0.05, 0) is 18.2 Å². The van der Waals surface area contributed by atoms with E-state index in [-0.39, 0.29) is 0 Å². The lowest BCUT2D eigenvalue weighted by molar-refractivity contribution is 0.323. The smallest absolute Gasteiger partial charge is 0.143 e. The summed E-state index contributed by atoms with van der Waals surface area (Å²) in [6.45, 7) is 1.51. The number of nitrogens with zero attached hydrogens (tertiary/aromatic N) is 2. The summed E-state index contributed by atoms with van der Waals surface area (Å²) in [5, 5.41) is 5.21. The molecule has 0 saturated carbocycles. The van der Waals surface area contributed by atoms with Crippen molar-refractivity contribution in [2.45, 2.75) is 0 Å². The number of anilines is 2. The number of ether oxygens (including phenoxy) is 1. The van der Waals surface area contributed by atoms with E-state index in [1.165, 1.54) is 0 Å². The molecule has 3 heterocycles. The Morgan fingerprint density at radius 1 is 1.18 bits per heavy atom. The number of hydrogen-bond acceptors (Lipinski definition) is 6. The van der Waals surface area contributed by atoms with Gasteiger partial charge in [0.25, 0.3) is 0 Å². The second-order valence-electron chi connectivity index (χ2n) is 5.02. The summed E-state index contributed by atoms with van der Waals surface area (Å²) in [7, 11) is 0. The minimum Gasteiger partial charge on any atom is -0.490 e. The van der Waals surface area contributed by atoms with E-state index in [2.05, 4.69) is 10.3 Å². The molecule has 0 spiro atoms. The summed E-state index contributed by atoms with van der Waals surface area (Å²) < 4.78 is 5.68. The van der Waals surface area contributed by atoms with Gasteiger partial charge < -0.3 is 15.8 Å². The average molecular weight is 310 g/mol. The van der Waals surface area contributed by atoms with Crippen LogP contribution in [0.1, 0.15) is 0 Å². The highest BCUT2D eigenvalue weighted by atomic mass is 32.1. The maximum Gasteiger partial charge on any atom is 0.143 e. The molecular formula is C16H14N4OS. The van der Waals surface area contributed by atoms with Crippen LogP contribution in [0.5, 0.6) is 5.75 Å². The minimum atomic E-state index is 0.677. The van der Waals surface area contributed by atoms with Gasteiger partial charge in [-0.15, -0.1) is 11.3 Å². The third-order valence-electron chi connectivity index (χ3n) is 3.46. The molecule has 0 fully saturated rings. The molecule has 0 radical (unpaired) electrons. The van der Waals surface area contributed by atoms with Crippen molar-refractivity contribution in [3.63, 3.8) is 0 Å². The number of hydrogen-bond donors (Lipinski definition) is 2. The Labute approximate surface area is 131 Å². The van der Waals surface area contributed by atoms with Crippen LogP contribution in [0, 0.1) is 0 Å². The Morgan fingerprint density at radius 3 is 2.95 bits per heavy atom. The minimum absolute atomic E-state index is 0.677. The van der Waals surface area contributed by atoms with Crippen LogP contribution in [0.3, 0.4) is 0 Å². The highest BCUT2D eigenvalue weighted by Gasteiger charge is 2.12. The second kappa shape index (κ2) is 5.31. The molecule has 0 atom stereocenters. The van der Waals surface area contributed by atoms with Crippen LogP contribution < -0.4 is 15.8 Å².